The van der Waals surface area contributed by atoms with Crippen molar-refractivity contribution in [2.75, 3.05) is 0 Å². The summed E-state index contributed by atoms with van der Waals surface area (Å²) in [5, 5.41) is 4.16. The van der Waals surface area contributed by atoms with E-state index in [1.165, 1.54) is 6.07 Å². The highest BCUT2D eigenvalue weighted by molar-refractivity contribution is 6.30. The molecule has 2 aromatic rings. The van der Waals surface area contributed by atoms with Crippen molar-refractivity contribution in [3.8, 4) is 0 Å². The first-order valence-corrected chi connectivity index (χ1v) is 6.68. The van der Waals surface area contributed by atoms with Gasteiger partial charge in [0.1, 0.15) is 5.82 Å². The maximum absolute atomic E-state index is 13.0. The summed E-state index contributed by atoms with van der Waals surface area (Å²) in [5.74, 6) is -0.191. The van der Waals surface area contributed by atoms with Crippen LogP contribution in [-0.2, 0) is 6.54 Å². The molecule has 0 aliphatic heterocycles. The van der Waals surface area contributed by atoms with Gasteiger partial charge in [-0.05, 0) is 54.8 Å². The molecule has 100 valence electrons. The van der Waals surface area contributed by atoms with Crippen molar-refractivity contribution >= 4 is 11.6 Å². The molecule has 0 saturated carbocycles. The molecule has 0 unspecified atom stereocenters. The fourth-order valence-electron chi connectivity index (χ4n) is 2.01. The van der Waals surface area contributed by atoms with Gasteiger partial charge in [0.25, 0.3) is 0 Å². The minimum absolute atomic E-state index is 0.191. The Morgan fingerprint density at radius 1 is 1.21 bits per heavy atom. The molecule has 0 fully saturated rings. The molecule has 0 saturated heterocycles. The lowest BCUT2D eigenvalue weighted by molar-refractivity contribution is 0.571. The van der Waals surface area contributed by atoms with Gasteiger partial charge in [-0.3, -0.25) is 0 Å². The van der Waals surface area contributed by atoms with Gasteiger partial charge in [-0.1, -0.05) is 29.8 Å². The van der Waals surface area contributed by atoms with E-state index >= 15 is 0 Å². The van der Waals surface area contributed by atoms with Crippen LogP contribution in [0.4, 0.5) is 4.39 Å². The van der Waals surface area contributed by atoms with Gasteiger partial charge in [-0.2, -0.15) is 0 Å². The van der Waals surface area contributed by atoms with E-state index in [1.54, 1.807) is 6.07 Å². The van der Waals surface area contributed by atoms with Gasteiger partial charge < -0.3 is 5.32 Å². The zero-order valence-corrected chi connectivity index (χ0v) is 11.8. The van der Waals surface area contributed by atoms with E-state index in [2.05, 4.69) is 12.2 Å². The van der Waals surface area contributed by atoms with Crippen LogP contribution >= 0.6 is 11.6 Å². The molecule has 1 atom stereocenters. The summed E-state index contributed by atoms with van der Waals surface area (Å²) < 4.78 is 13.0. The molecule has 0 heterocycles. The largest absolute Gasteiger partial charge is 0.306 e. The van der Waals surface area contributed by atoms with Gasteiger partial charge in [0.2, 0.25) is 0 Å². The molecule has 0 aliphatic carbocycles. The van der Waals surface area contributed by atoms with E-state index in [1.807, 2.05) is 37.3 Å². The molecule has 0 aromatic heterocycles. The third kappa shape index (κ3) is 3.79. The maximum Gasteiger partial charge on any atom is 0.123 e. The van der Waals surface area contributed by atoms with Gasteiger partial charge in [0, 0.05) is 17.6 Å². The van der Waals surface area contributed by atoms with Crippen LogP contribution in [0.5, 0.6) is 0 Å². The minimum atomic E-state index is -0.191. The van der Waals surface area contributed by atoms with Crippen LogP contribution in [-0.4, -0.2) is 0 Å². The quantitative estimate of drug-likeness (QED) is 0.858. The number of hydrogen-bond acceptors (Lipinski definition) is 1. The van der Waals surface area contributed by atoms with Crippen molar-refractivity contribution in [3.05, 3.63) is 70.0 Å². The Bertz CT molecular complexity index is 568. The second-order valence-corrected chi connectivity index (χ2v) is 5.16. The summed E-state index contributed by atoms with van der Waals surface area (Å²) in [5.41, 5.74) is 3.22. The Kier molecular flexibility index (Phi) is 4.56. The van der Waals surface area contributed by atoms with Crippen molar-refractivity contribution in [3.63, 3.8) is 0 Å². The first-order valence-electron chi connectivity index (χ1n) is 6.30. The summed E-state index contributed by atoms with van der Waals surface area (Å²) in [7, 11) is 0. The van der Waals surface area contributed by atoms with Gasteiger partial charge in [-0.15, -0.1) is 0 Å². The van der Waals surface area contributed by atoms with Crippen molar-refractivity contribution in [2.24, 2.45) is 0 Å². The molecule has 19 heavy (non-hydrogen) atoms. The van der Waals surface area contributed by atoms with Crippen LogP contribution in [0.25, 0.3) is 0 Å². The summed E-state index contributed by atoms with van der Waals surface area (Å²) in [4.78, 5) is 0. The highest BCUT2D eigenvalue weighted by Gasteiger charge is 2.06. The van der Waals surface area contributed by atoms with Crippen LogP contribution in [0.15, 0.2) is 42.5 Å². The fraction of sp³-hybridized carbons (Fsp3) is 0.250. The number of hydrogen-bond donors (Lipinski definition) is 1. The van der Waals surface area contributed by atoms with Gasteiger partial charge in [0.05, 0.1) is 0 Å². The maximum atomic E-state index is 13.0. The van der Waals surface area contributed by atoms with Crippen molar-refractivity contribution in [1.82, 2.24) is 5.32 Å². The predicted octanol–water partition coefficient (Wildman–Crippen LogP) is 4.64. The van der Waals surface area contributed by atoms with Crippen molar-refractivity contribution in [2.45, 2.75) is 26.4 Å². The molecule has 1 nitrogen and oxygen atoms in total. The standard InChI is InChI=1S/C16H17ClFN/c1-11-8-16(18)7-6-14(11)10-19-12(2)13-4-3-5-15(17)9-13/h3-9,12,19H,10H2,1-2H3/t12-/m0/s1. The highest BCUT2D eigenvalue weighted by atomic mass is 35.5. The van der Waals surface area contributed by atoms with E-state index in [0.717, 1.165) is 21.7 Å². The van der Waals surface area contributed by atoms with Crippen LogP contribution in [0, 0.1) is 12.7 Å². The number of benzene rings is 2. The minimum Gasteiger partial charge on any atom is -0.306 e. The van der Waals surface area contributed by atoms with Crippen LogP contribution < -0.4 is 5.32 Å². The molecule has 0 aliphatic rings. The van der Waals surface area contributed by atoms with E-state index in [0.29, 0.717) is 6.54 Å². The average molecular weight is 278 g/mol. The third-order valence-electron chi connectivity index (χ3n) is 3.25. The second kappa shape index (κ2) is 6.18. The monoisotopic (exact) mass is 277 g/mol. The van der Waals surface area contributed by atoms with Gasteiger partial charge >= 0.3 is 0 Å². The molecule has 2 rings (SSSR count). The van der Waals surface area contributed by atoms with E-state index in [9.17, 15) is 4.39 Å². The van der Waals surface area contributed by atoms with E-state index in [-0.39, 0.29) is 11.9 Å². The summed E-state index contributed by atoms with van der Waals surface area (Å²) in [6.45, 7) is 4.72. The van der Waals surface area contributed by atoms with Crippen LogP contribution in [0.3, 0.4) is 0 Å². The predicted molar refractivity (Wildman–Crippen MR) is 77.8 cm³/mol. The topological polar surface area (TPSA) is 12.0 Å². The molecule has 1 N–H and O–H groups in total. The molecular formula is C16H17ClFN. The Balaban J connectivity index is 2.02. The Labute approximate surface area is 118 Å². The molecule has 3 heteroatoms. The number of aryl methyl sites for hydroxylation is 1. The summed E-state index contributed by atoms with van der Waals surface area (Å²) in [6, 6.07) is 12.9. The summed E-state index contributed by atoms with van der Waals surface area (Å²) in [6.07, 6.45) is 0. The third-order valence-corrected chi connectivity index (χ3v) is 3.49. The van der Waals surface area contributed by atoms with Gasteiger partial charge in [0.15, 0.2) is 0 Å². The summed E-state index contributed by atoms with van der Waals surface area (Å²) >= 11 is 5.98. The Morgan fingerprint density at radius 2 is 2.00 bits per heavy atom. The van der Waals surface area contributed by atoms with Crippen LogP contribution in [0.2, 0.25) is 5.02 Å². The molecule has 0 radical (unpaired) electrons. The normalized spacial score (nSPS) is 12.4. The first kappa shape index (κ1) is 14.0. The number of rotatable bonds is 4. The smallest absolute Gasteiger partial charge is 0.123 e. The van der Waals surface area contributed by atoms with Gasteiger partial charge in [-0.25, -0.2) is 4.39 Å². The van der Waals surface area contributed by atoms with Crippen molar-refractivity contribution < 1.29 is 4.39 Å². The molecule has 2 aromatic carbocycles. The lowest BCUT2D eigenvalue weighted by atomic mass is 10.1. The van der Waals surface area contributed by atoms with E-state index < -0.39 is 0 Å². The lowest BCUT2D eigenvalue weighted by Gasteiger charge is -2.15. The molecule has 0 bridgehead atoms. The lowest BCUT2D eigenvalue weighted by Crippen LogP contribution is -2.18. The number of halogens is 2. The highest BCUT2D eigenvalue weighted by Crippen LogP contribution is 2.18. The number of nitrogens with one attached hydrogen (secondary N) is 1. The SMILES string of the molecule is Cc1cc(F)ccc1CN[C@@H](C)c1cccc(Cl)c1. The zero-order chi connectivity index (χ0) is 13.8. The first-order chi connectivity index (χ1) is 9.06. The van der Waals surface area contributed by atoms with Crippen molar-refractivity contribution in [1.29, 1.82) is 0 Å². The van der Waals surface area contributed by atoms with E-state index in [4.69, 9.17) is 11.6 Å². The molecular weight excluding hydrogens is 261 g/mol. The fourth-order valence-corrected chi connectivity index (χ4v) is 2.21. The zero-order valence-electron chi connectivity index (χ0n) is 11.1. The molecule has 0 spiro atoms. The van der Waals surface area contributed by atoms with Crippen LogP contribution in [0.1, 0.15) is 29.7 Å². The average Bonchev–Trinajstić information content (AvgIpc) is 2.37. The second-order valence-electron chi connectivity index (χ2n) is 4.73. The Morgan fingerprint density at radius 3 is 2.68 bits per heavy atom. The molecule has 0 amide bonds. The Hall–Kier alpha value is -1.38.